The molecule has 2 rings (SSSR count). The normalized spacial score (nSPS) is 11.0. The first-order valence-electron chi connectivity index (χ1n) is 8.73. The smallest absolute Gasteiger partial charge is 0.221 e. The summed E-state index contributed by atoms with van der Waals surface area (Å²) in [6.45, 7) is 5.34. The van der Waals surface area contributed by atoms with Gasteiger partial charge < -0.3 is 20.7 Å². The molecule has 0 aliphatic carbocycles. The molecule has 3 N–H and O–H groups in total. The fourth-order valence-corrected chi connectivity index (χ4v) is 2.57. The van der Waals surface area contributed by atoms with Crippen molar-refractivity contribution < 1.29 is 9.53 Å². The molecule has 0 bridgehead atoms. The number of methoxy groups -OCH3 is 1. The second-order valence-corrected chi connectivity index (χ2v) is 6.33. The number of guanidine groups is 1. The minimum atomic E-state index is -0.146. The molecule has 6 nitrogen and oxygen atoms in total. The first-order chi connectivity index (χ1) is 13.0. The molecule has 0 saturated carbocycles. The molecule has 0 aromatic heterocycles. The van der Waals surface area contributed by atoms with Crippen LogP contribution in [-0.2, 0) is 17.9 Å². The van der Waals surface area contributed by atoms with E-state index in [1.807, 2.05) is 49.4 Å². The predicted octanol–water partition coefficient (Wildman–Crippen LogP) is 3.56. The van der Waals surface area contributed by atoms with Crippen LogP contribution < -0.4 is 20.7 Å². The largest absolute Gasteiger partial charge is 0.495 e. The van der Waals surface area contributed by atoms with Gasteiger partial charge in [-0.25, -0.2) is 4.99 Å². The van der Waals surface area contributed by atoms with Crippen LogP contribution in [0.25, 0.3) is 0 Å². The third-order valence-electron chi connectivity index (χ3n) is 3.71. The highest BCUT2D eigenvalue weighted by Crippen LogP contribution is 2.25. The molecular formula is C20H25ClN4O2. The Morgan fingerprint density at radius 1 is 1.11 bits per heavy atom. The Balaban J connectivity index is 2.06. The van der Waals surface area contributed by atoms with Crippen LogP contribution in [0.4, 0.5) is 5.69 Å². The molecule has 0 spiro atoms. The van der Waals surface area contributed by atoms with Gasteiger partial charge in [0.1, 0.15) is 5.75 Å². The summed E-state index contributed by atoms with van der Waals surface area (Å²) >= 11 is 5.92. The molecule has 0 fully saturated rings. The maximum Gasteiger partial charge on any atom is 0.221 e. The van der Waals surface area contributed by atoms with E-state index in [2.05, 4.69) is 20.9 Å². The van der Waals surface area contributed by atoms with Gasteiger partial charge in [0.2, 0.25) is 5.91 Å². The molecule has 2 aromatic carbocycles. The summed E-state index contributed by atoms with van der Waals surface area (Å²) in [5.74, 6) is 1.18. The number of carbonyl (C=O) groups excluding carboxylic acids is 1. The number of nitrogens with zero attached hydrogens (tertiary/aromatic N) is 1. The number of benzene rings is 2. The number of anilines is 1. The third-order valence-corrected chi connectivity index (χ3v) is 3.96. The van der Waals surface area contributed by atoms with Crippen LogP contribution in [0.1, 0.15) is 25.0 Å². The molecule has 0 radical (unpaired) electrons. The van der Waals surface area contributed by atoms with Crippen molar-refractivity contribution in [2.24, 2.45) is 4.99 Å². The minimum absolute atomic E-state index is 0.146. The number of ether oxygens (including phenoxy) is 1. The lowest BCUT2D eigenvalue weighted by molar-refractivity contribution is -0.114. The molecule has 0 heterocycles. The Hall–Kier alpha value is -2.73. The summed E-state index contributed by atoms with van der Waals surface area (Å²) in [6.07, 6.45) is 0. The number of hydrogen-bond acceptors (Lipinski definition) is 3. The first-order valence-corrected chi connectivity index (χ1v) is 9.10. The average Bonchev–Trinajstić information content (AvgIpc) is 2.65. The maximum atomic E-state index is 11.4. The minimum Gasteiger partial charge on any atom is -0.495 e. The van der Waals surface area contributed by atoms with Crippen LogP contribution in [-0.4, -0.2) is 25.5 Å². The van der Waals surface area contributed by atoms with Gasteiger partial charge in [0.15, 0.2) is 5.96 Å². The monoisotopic (exact) mass is 388 g/mol. The number of nitrogens with one attached hydrogen (secondary N) is 3. The first kappa shape index (κ1) is 20.6. The number of amides is 1. The van der Waals surface area contributed by atoms with Gasteiger partial charge in [-0.05, 0) is 42.3 Å². The summed E-state index contributed by atoms with van der Waals surface area (Å²) < 4.78 is 5.28. The van der Waals surface area contributed by atoms with Gasteiger partial charge in [-0.2, -0.15) is 0 Å². The Labute approximate surface area is 165 Å². The molecule has 144 valence electrons. The van der Waals surface area contributed by atoms with Crippen molar-refractivity contribution in [1.29, 1.82) is 0 Å². The van der Waals surface area contributed by atoms with Crippen molar-refractivity contribution in [3.8, 4) is 5.75 Å². The zero-order valence-corrected chi connectivity index (χ0v) is 16.6. The van der Waals surface area contributed by atoms with Crippen molar-refractivity contribution in [3.63, 3.8) is 0 Å². The fourth-order valence-electron chi connectivity index (χ4n) is 2.44. The lowest BCUT2D eigenvalue weighted by Gasteiger charge is -2.13. The molecule has 0 aliphatic rings. The van der Waals surface area contributed by atoms with Gasteiger partial charge in [-0.1, -0.05) is 29.8 Å². The van der Waals surface area contributed by atoms with Crippen molar-refractivity contribution in [2.45, 2.75) is 26.9 Å². The van der Waals surface area contributed by atoms with E-state index in [9.17, 15) is 4.79 Å². The zero-order valence-electron chi connectivity index (χ0n) is 15.8. The lowest BCUT2D eigenvalue weighted by Crippen LogP contribution is -2.36. The van der Waals surface area contributed by atoms with E-state index < -0.39 is 0 Å². The standard InChI is InChI=1S/C20H25ClN4O2/c1-4-22-20(23-12-15-5-8-17(21)9-6-15)24-13-16-7-10-19(27-3)18(11-16)25-14(2)26/h5-11H,4,12-13H2,1-3H3,(H,25,26)(H2,22,23,24). The molecule has 0 saturated heterocycles. The predicted molar refractivity (Wildman–Crippen MR) is 110 cm³/mol. The summed E-state index contributed by atoms with van der Waals surface area (Å²) in [6, 6.07) is 13.3. The van der Waals surface area contributed by atoms with Crippen LogP contribution in [0.15, 0.2) is 47.5 Å². The molecule has 0 unspecified atom stereocenters. The molecule has 2 aromatic rings. The summed E-state index contributed by atoms with van der Waals surface area (Å²) in [5.41, 5.74) is 2.71. The van der Waals surface area contributed by atoms with E-state index in [0.29, 0.717) is 35.5 Å². The topological polar surface area (TPSA) is 74.8 Å². The molecular weight excluding hydrogens is 364 g/mol. The van der Waals surface area contributed by atoms with E-state index in [4.69, 9.17) is 16.3 Å². The van der Waals surface area contributed by atoms with E-state index in [0.717, 1.165) is 17.7 Å². The Kier molecular flexibility index (Phi) is 7.95. The van der Waals surface area contributed by atoms with Crippen LogP contribution in [0.3, 0.4) is 0 Å². The van der Waals surface area contributed by atoms with Crippen LogP contribution in [0.5, 0.6) is 5.75 Å². The highest BCUT2D eigenvalue weighted by molar-refractivity contribution is 6.30. The zero-order chi connectivity index (χ0) is 19.6. The van der Waals surface area contributed by atoms with E-state index in [1.54, 1.807) is 7.11 Å². The van der Waals surface area contributed by atoms with Gasteiger partial charge >= 0.3 is 0 Å². The van der Waals surface area contributed by atoms with E-state index >= 15 is 0 Å². The van der Waals surface area contributed by atoms with Gasteiger partial charge in [-0.3, -0.25) is 4.79 Å². The SMILES string of the molecule is CCNC(=NCc1ccc(OC)c(NC(C)=O)c1)NCc1ccc(Cl)cc1. The number of hydrogen-bond donors (Lipinski definition) is 3. The molecule has 7 heteroatoms. The van der Waals surface area contributed by atoms with Gasteiger partial charge in [-0.15, -0.1) is 0 Å². The van der Waals surface area contributed by atoms with Gasteiger partial charge in [0.05, 0.1) is 19.3 Å². The number of carbonyl (C=O) groups is 1. The summed E-state index contributed by atoms with van der Waals surface area (Å²) in [5, 5.41) is 10.0. The van der Waals surface area contributed by atoms with Crippen LogP contribution in [0.2, 0.25) is 5.02 Å². The number of rotatable bonds is 7. The molecule has 0 aliphatic heterocycles. The van der Waals surface area contributed by atoms with Crippen molar-refractivity contribution in [2.75, 3.05) is 19.0 Å². The van der Waals surface area contributed by atoms with Crippen LogP contribution >= 0.6 is 11.6 Å². The summed E-state index contributed by atoms with van der Waals surface area (Å²) in [4.78, 5) is 16.0. The second-order valence-electron chi connectivity index (χ2n) is 5.89. The molecule has 0 atom stereocenters. The Morgan fingerprint density at radius 2 is 1.81 bits per heavy atom. The van der Waals surface area contributed by atoms with E-state index in [-0.39, 0.29) is 5.91 Å². The molecule has 27 heavy (non-hydrogen) atoms. The maximum absolute atomic E-state index is 11.4. The summed E-state index contributed by atoms with van der Waals surface area (Å²) in [7, 11) is 1.57. The Morgan fingerprint density at radius 3 is 2.44 bits per heavy atom. The van der Waals surface area contributed by atoms with Crippen molar-refractivity contribution >= 4 is 29.2 Å². The van der Waals surface area contributed by atoms with Gasteiger partial charge in [0.25, 0.3) is 0 Å². The van der Waals surface area contributed by atoms with Crippen molar-refractivity contribution in [3.05, 3.63) is 58.6 Å². The van der Waals surface area contributed by atoms with E-state index in [1.165, 1.54) is 6.92 Å². The van der Waals surface area contributed by atoms with Gasteiger partial charge in [0, 0.05) is 25.0 Å². The second kappa shape index (κ2) is 10.4. The number of halogens is 1. The Bertz CT molecular complexity index is 791. The molecule has 1 amide bonds. The average molecular weight is 389 g/mol. The quantitative estimate of drug-likeness (QED) is 0.500. The highest BCUT2D eigenvalue weighted by Gasteiger charge is 2.06. The fraction of sp³-hybridized carbons (Fsp3) is 0.300. The lowest BCUT2D eigenvalue weighted by atomic mass is 10.2. The van der Waals surface area contributed by atoms with Crippen molar-refractivity contribution in [1.82, 2.24) is 10.6 Å². The number of aliphatic imine (C=N–C) groups is 1. The third kappa shape index (κ3) is 6.83. The highest BCUT2D eigenvalue weighted by atomic mass is 35.5. The van der Waals surface area contributed by atoms with Crippen LogP contribution in [0, 0.1) is 0 Å².